The van der Waals surface area contributed by atoms with Gasteiger partial charge in [0.1, 0.15) is 5.60 Å². The molecule has 0 aromatic carbocycles. The van der Waals surface area contributed by atoms with E-state index in [4.69, 9.17) is 20.9 Å². The molecule has 1 rings (SSSR count). The lowest BCUT2D eigenvalue weighted by Crippen LogP contribution is -2.69. The topological polar surface area (TPSA) is 125 Å². The Morgan fingerprint density at radius 1 is 1.07 bits per heavy atom. The van der Waals surface area contributed by atoms with Crippen molar-refractivity contribution in [3.05, 3.63) is 0 Å². The van der Waals surface area contributed by atoms with Gasteiger partial charge in [-0.15, -0.1) is 0 Å². The molecule has 0 aromatic heterocycles. The minimum absolute atomic E-state index is 0.0485. The number of hydrogen-bond acceptors (Lipinski definition) is 8. The molecule has 0 amide bonds. The summed E-state index contributed by atoms with van der Waals surface area (Å²) in [6, 6.07) is -0.978. The Morgan fingerprint density at radius 2 is 1.67 bits per heavy atom. The van der Waals surface area contributed by atoms with Gasteiger partial charge in [-0.1, -0.05) is 6.42 Å². The number of likely N-dealkylation sites (tertiary alicyclic amines) is 1. The fourth-order valence-electron chi connectivity index (χ4n) is 3.25. The molecule has 27 heavy (non-hydrogen) atoms. The normalized spacial score (nSPS) is 18.6. The van der Waals surface area contributed by atoms with Crippen molar-refractivity contribution >= 4 is 17.7 Å². The summed E-state index contributed by atoms with van der Waals surface area (Å²) in [6.45, 7) is 8.10. The summed E-state index contributed by atoms with van der Waals surface area (Å²) >= 11 is 0. The van der Waals surface area contributed by atoms with Crippen LogP contribution < -0.4 is 11.5 Å². The molecule has 1 aliphatic heterocycles. The molecule has 156 valence electrons. The summed E-state index contributed by atoms with van der Waals surface area (Å²) in [5.41, 5.74) is 8.60. The van der Waals surface area contributed by atoms with Crippen molar-refractivity contribution in [3.8, 4) is 0 Å². The molecule has 2 atom stereocenters. The number of nitrogens with zero attached hydrogens (tertiary/aromatic N) is 1. The van der Waals surface area contributed by atoms with E-state index >= 15 is 0 Å². The van der Waals surface area contributed by atoms with E-state index in [1.165, 1.54) is 0 Å². The smallest absolute Gasteiger partial charge is 0.346 e. The van der Waals surface area contributed by atoms with E-state index in [0.29, 0.717) is 38.9 Å². The summed E-state index contributed by atoms with van der Waals surface area (Å²) in [5.74, 6) is -2.47. The maximum Gasteiger partial charge on any atom is 0.346 e. The van der Waals surface area contributed by atoms with Crippen LogP contribution in [0.2, 0.25) is 0 Å². The zero-order valence-electron chi connectivity index (χ0n) is 17.1. The van der Waals surface area contributed by atoms with Gasteiger partial charge in [-0.05, 0) is 59.9 Å². The molecular formula is C19H35N3O5. The predicted molar refractivity (Wildman–Crippen MR) is 102 cm³/mol. The molecule has 0 saturated carbocycles. The van der Waals surface area contributed by atoms with Crippen LogP contribution in [0.3, 0.4) is 0 Å². The Morgan fingerprint density at radius 3 is 2.15 bits per heavy atom. The highest BCUT2D eigenvalue weighted by Crippen LogP contribution is 2.30. The highest BCUT2D eigenvalue weighted by molar-refractivity contribution is 6.26. The lowest BCUT2D eigenvalue weighted by Gasteiger charge is -2.38. The molecule has 0 spiro atoms. The summed E-state index contributed by atoms with van der Waals surface area (Å²) in [7, 11) is 0. The second kappa shape index (κ2) is 10.1. The molecule has 1 heterocycles. The van der Waals surface area contributed by atoms with Gasteiger partial charge < -0.3 is 20.9 Å². The maximum absolute atomic E-state index is 13.4. The third-order valence-corrected chi connectivity index (χ3v) is 4.51. The van der Waals surface area contributed by atoms with Crippen LogP contribution in [0.4, 0.5) is 0 Å². The van der Waals surface area contributed by atoms with E-state index in [0.717, 1.165) is 12.8 Å². The lowest BCUT2D eigenvalue weighted by molar-refractivity contribution is -0.183. The SMILES string of the molecule is CCOC(=O)C(C(=O)OC(C)(C)C)(C(=O)[C@@H](N)CCCCN)N1CCCC1. The second-order valence-corrected chi connectivity index (χ2v) is 7.88. The van der Waals surface area contributed by atoms with E-state index in [9.17, 15) is 14.4 Å². The molecule has 8 nitrogen and oxygen atoms in total. The third-order valence-electron chi connectivity index (χ3n) is 4.51. The first-order valence-corrected chi connectivity index (χ1v) is 9.77. The monoisotopic (exact) mass is 385 g/mol. The summed E-state index contributed by atoms with van der Waals surface area (Å²) in [6.07, 6.45) is 3.24. The van der Waals surface area contributed by atoms with Gasteiger partial charge in [-0.2, -0.15) is 0 Å². The van der Waals surface area contributed by atoms with Gasteiger partial charge in [0.05, 0.1) is 12.6 Å². The highest BCUT2D eigenvalue weighted by Gasteiger charge is 2.62. The quantitative estimate of drug-likeness (QED) is 0.321. The van der Waals surface area contributed by atoms with Gasteiger partial charge in [0.25, 0.3) is 5.54 Å². The van der Waals surface area contributed by atoms with Gasteiger partial charge in [-0.3, -0.25) is 9.69 Å². The molecule has 8 heteroatoms. The maximum atomic E-state index is 13.4. The molecule has 1 aliphatic rings. The Hall–Kier alpha value is -1.51. The molecule has 1 unspecified atom stereocenters. The number of carbonyl (C=O) groups excluding carboxylic acids is 3. The number of nitrogens with two attached hydrogens (primary N) is 2. The number of rotatable bonds is 10. The Labute approximate surface area is 161 Å². The average Bonchev–Trinajstić information content (AvgIpc) is 3.08. The van der Waals surface area contributed by atoms with E-state index in [-0.39, 0.29) is 6.61 Å². The van der Waals surface area contributed by atoms with Gasteiger partial charge >= 0.3 is 11.9 Å². The average molecular weight is 386 g/mol. The van der Waals surface area contributed by atoms with E-state index in [1.54, 1.807) is 32.6 Å². The van der Waals surface area contributed by atoms with Crippen molar-refractivity contribution in [1.82, 2.24) is 4.90 Å². The summed E-state index contributed by atoms with van der Waals surface area (Å²) < 4.78 is 10.7. The number of unbranched alkanes of at least 4 members (excludes halogenated alkanes) is 1. The van der Waals surface area contributed by atoms with Crippen molar-refractivity contribution in [2.45, 2.75) is 77.0 Å². The fourth-order valence-corrected chi connectivity index (χ4v) is 3.25. The molecule has 4 N–H and O–H groups in total. The first-order valence-electron chi connectivity index (χ1n) is 9.77. The highest BCUT2D eigenvalue weighted by atomic mass is 16.6. The van der Waals surface area contributed by atoms with Crippen LogP contribution in [-0.4, -0.2) is 66.0 Å². The van der Waals surface area contributed by atoms with Crippen molar-refractivity contribution in [1.29, 1.82) is 0 Å². The van der Waals surface area contributed by atoms with Crippen molar-refractivity contribution in [3.63, 3.8) is 0 Å². The van der Waals surface area contributed by atoms with Crippen molar-refractivity contribution in [2.24, 2.45) is 11.5 Å². The largest absolute Gasteiger partial charge is 0.464 e. The number of ketones is 1. The molecule has 1 fully saturated rings. The zero-order valence-corrected chi connectivity index (χ0v) is 17.1. The Bertz CT molecular complexity index is 526. The van der Waals surface area contributed by atoms with Crippen LogP contribution >= 0.6 is 0 Å². The summed E-state index contributed by atoms with van der Waals surface area (Å²) in [4.78, 5) is 41.2. The molecule has 0 radical (unpaired) electrons. The Balaban J connectivity index is 3.34. The van der Waals surface area contributed by atoms with E-state index in [1.807, 2.05) is 0 Å². The molecular weight excluding hydrogens is 350 g/mol. The summed E-state index contributed by atoms with van der Waals surface area (Å²) in [5, 5.41) is 0. The molecule has 1 saturated heterocycles. The minimum atomic E-state index is -2.15. The fraction of sp³-hybridized carbons (Fsp3) is 0.842. The Kier molecular flexibility index (Phi) is 8.84. The van der Waals surface area contributed by atoms with Crippen molar-refractivity contribution in [2.75, 3.05) is 26.2 Å². The van der Waals surface area contributed by atoms with Gasteiger partial charge in [0.15, 0.2) is 5.78 Å². The number of hydrogen-bond donors (Lipinski definition) is 2. The molecule has 0 aromatic rings. The van der Waals surface area contributed by atoms with Crippen molar-refractivity contribution < 1.29 is 23.9 Å². The van der Waals surface area contributed by atoms with Gasteiger partial charge in [0.2, 0.25) is 0 Å². The van der Waals surface area contributed by atoms with Gasteiger partial charge in [-0.25, -0.2) is 9.59 Å². The molecule has 0 bridgehead atoms. The number of ether oxygens (including phenoxy) is 2. The molecule has 0 aliphatic carbocycles. The zero-order chi connectivity index (χ0) is 20.7. The van der Waals surface area contributed by atoms with Crippen LogP contribution in [-0.2, 0) is 23.9 Å². The standard InChI is InChI=1S/C19H35N3O5/c1-5-26-16(24)19(22-12-8-9-13-22,17(25)27-18(2,3)4)15(23)14(21)10-6-7-11-20/h14H,5-13,20-21H2,1-4H3/t14-,19?/m0/s1. The third kappa shape index (κ3) is 5.73. The van der Waals surface area contributed by atoms with E-state index in [2.05, 4.69) is 0 Å². The predicted octanol–water partition coefficient (Wildman–Crippen LogP) is 0.751. The minimum Gasteiger partial charge on any atom is -0.464 e. The van der Waals surface area contributed by atoms with Crippen LogP contribution in [0.15, 0.2) is 0 Å². The number of esters is 2. The lowest BCUT2D eigenvalue weighted by atomic mass is 9.85. The van der Waals surface area contributed by atoms with Crippen LogP contribution in [0.25, 0.3) is 0 Å². The number of Topliss-reactive ketones (excluding diaryl/α,β-unsaturated/α-hetero) is 1. The van der Waals surface area contributed by atoms with Crippen LogP contribution in [0, 0.1) is 0 Å². The first-order chi connectivity index (χ1) is 12.6. The van der Waals surface area contributed by atoms with Crippen LogP contribution in [0.1, 0.15) is 59.8 Å². The van der Waals surface area contributed by atoms with Crippen LogP contribution in [0.5, 0.6) is 0 Å². The first kappa shape index (κ1) is 23.5. The van der Waals surface area contributed by atoms with E-state index < -0.39 is 34.9 Å². The number of carbonyl (C=O) groups is 3. The second-order valence-electron chi connectivity index (χ2n) is 7.88. The van der Waals surface area contributed by atoms with Gasteiger partial charge in [0, 0.05) is 13.1 Å².